The van der Waals surface area contributed by atoms with E-state index in [-0.39, 0.29) is 11.8 Å². The van der Waals surface area contributed by atoms with Gasteiger partial charge in [-0.1, -0.05) is 12.1 Å². The lowest BCUT2D eigenvalue weighted by molar-refractivity contribution is -0.123. The summed E-state index contributed by atoms with van der Waals surface area (Å²) in [5, 5.41) is 10.3. The molecule has 2 rings (SSSR count). The topological polar surface area (TPSA) is 75.8 Å². The highest BCUT2D eigenvalue weighted by atomic mass is 16.5. The van der Waals surface area contributed by atoms with Crippen molar-refractivity contribution < 1.29 is 14.6 Å². The standard InChI is InChI=1S/C15H22N2O3/c1-20-13-6-2-4-11(8-13)14(18)10-17-7-3-5-12(9-17)15(16)19/h2,4,6,8,12,14,18H,3,5,7,9-10H2,1H3,(H2,16,19). The van der Waals surface area contributed by atoms with E-state index >= 15 is 0 Å². The summed E-state index contributed by atoms with van der Waals surface area (Å²) < 4.78 is 5.16. The first kappa shape index (κ1) is 14.8. The normalized spacial score (nSPS) is 21.4. The van der Waals surface area contributed by atoms with Crippen LogP contribution < -0.4 is 10.5 Å². The SMILES string of the molecule is COc1cccc(C(O)CN2CCCC(C(N)=O)C2)c1. The quantitative estimate of drug-likeness (QED) is 0.840. The Morgan fingerprint density at radius 2 is 2.40 bits per heavy atom. The van der Waals surface area contributed by atoms with Crippen LogP contribution >= 0.6 is 0 Å². The molecule has 1 heterocycles. The number of aliphatic hydroxyl groups excluding tert-OH is 1. The number of likely N-dealkylation sites (tertiary alicyclic amines) is 1. The third kappa shape index (κ3) is 3.71. The largest absolute Gasteiger partial charge is 0.497 e. The number of nitrogens with two attached hydrogens (primary N) is 1. The fourth-order valence-corrected chi connectivity index (χ4v) is 2.65. The smallest absolute Gasteiger partial charge is 0.221 e. The molecule has 5 nitrogen and oxygen atoms in total. The second-order valence-electron chi connectivity index (χ2n) is 5.29. The van der Waals surface area contributed by atoms with Gasteiger partial charge in [-0.25, -0.2) is 0 Å². The van der Waals surface area contributed by atoms with Crippen LogP contribution in [0.2, 0.25) is 0 Å². The van der Waals surface area contributed by atoms with Crippen molar-refractivity contribution in [1.82, 2.24) is 4.90 Å². The first-order valence-electron chi connectivity index (χ1n) is 6.94. The van der Waals surface area contributed by atoms with E-state index in [1.54, 1.807) is 7.11 Å². The molecule has 1 fully saturated rings. The molecule has 2 unspecified atom stereocenters. The third-order valence-corrected chi connectivity index (χ3v) is 3.82. The van der Waals surface area contributed by atoms with E-state index in [0.29, 0.717) is 13.1 Å². The third-order valence-electron chi connectivity index (χ3n) is 3.82. The van der Waals surface area contributed by atoms with Gasteiger partial charge in [-0.05, 0) is 37.1 Å². The molecule has 20 heavy (non-hydrogen) atoms. The summed E-state index contributed by atoms with van der Waals surface area (Å²) >= 11 is 0. The van der Waals surface area contributed by atoms with Crippen LogP contribution in [-0.4, -0.2) is 42.7 Å². The Kier molecular flexibility index (Phi) is 4.98. The summed E-state index contributed by atoms with van der Waals surface area (Å²) in [5.74, 6) is 0.391. The van der Waals surface area contributed by atoms with E-state index in [9.17, 15) is 9.90 Å². The summed E-state index contributed by atoms with van der Waals surface area (Å²) in [6.07, 6.45) is 1.20. The van der Waals surface area contributed by atoms with Crippen LogP contribution in [0.5, 0.6) is 5.75 Å². The van der Waals surface area contributed by atoms with Gasteiger partial charge >= 0.3 is 0 Å². The Morgan fingerprint density at radius 1 is 1.60 bits per heavy atom. The van der Waals surface area contributed by atoms with Crippen LogP contribution in [0.3, 0.4) is 0 Å². The number of hydrogen-bond acceptors (Lipinski definition) is 4. The lowest BCUT2D eigenvalue weighted by Gasteiger charge is -2.32. The number of nitrogens with zero attached hydrogens (tertiary/aromatic N) is 1. The zero-order valence-electron chi connectivity index (χ0n) is 11.8. The molecule has 3 N–H and O–H groups in total. The number of benzene rings is 1. The van der Waals surface area contributed by atoms with Gasteiger partial charge in [0.2, 0.25) is 5.91 Å². The minimum absolute atomic E-state index is 0.0961. The lowest BCUT2D eigenvalue weighted by atomic mass is 9.97. The molecular weight excluding hydrogens is 256 g/mol. The Labute approximate surface area is 119 Å². The lowest BCUT2D eigenvalue weighted by Crippen LogP contribution is -2.42. The molecular formula is C15H22N2O3. The molecule has 2 atom stereocenters. The number of carbonyl (C=O) groups excluding carboxylic acids is 1. The van der Waals surface area contributed by atoms with E-state index in [0.717, 1.165) is 30.7 Å². The molecule has 0 radical (unpaired) electrons. The van der Waals surface area contributed by atoms with Crippen LogP contribution in [0, 0.1) is 5.92 Å². The van der Waals surface area contributed by atoms with Crippen LogP contribution in [0.25, 0.3) is 0 Å². The number of hydrogen-bond donors (Lipinski definition) is 2. The number of piperidine rings is 1. The molecule has 5 heteroatoms. The Bertz CT molecular complexity index is 464. The van der Waals surface area contributed by atoms with Gasteiger partial charge < -0.3 is 15.6 Å². The summed E-state index contributed by atoms with van der Waals surface area (Å²) in [6.45, 7) is 2.04. The second-order valence-corrected chi connectivity index (χ2v) is 5.29. The number of carbonyl (C=O) groups is 1. The molecule has 1 saturated heterocycles. The average Bonchev–Trinajstić information content (AvgIpc) is 2.47. The van der Waals surface area contributed by atoms with Crippen molar-refractivity contribution in [2.24, 2.45) is 11.7 Å². The van der Waals surface area contributed by atoms with Crippen LogP contribution in [-0.2, 0) is 4.79 Å². The fraction of sp³-hybridized carbons (Fsp3) is 0.533. The minimum Gasteiger partial charge on any atom is -0.497 e. The van der Waals surface area contributed by atoms with E-state index in [1.165, 1.54) is 0 Å². The molecule has 0 aliphatic carbocycles. The van der Waals surface area contributed by atoms with Crippen molar-refractivity contribution in [3.63, 3.8) is 0 Å². The fourth-order valence-electron chi connectivity index (χ4n) is 2.65. The Hall–Kier alpha value is -1.59. The maximum Gasteiger partial charge on any atom is 0.221 e. The van der Waals surface area contributed by atoms with Gasteiger partial charge in [0.25, 0.3) is 0 Å². The molecule has 0 spiro atoms. The summed E-state index contributed by atoms with van der Waals surface area (Å²) in [4.78, 5) is 13.4. The number of primary amides is 1. The number of methoxy groups -OCH3 is 1. The zero-order chi connectivity index (χ0) is 14.5. The van der Waals surface area contributed by atoms with E-state index < -0.39 is 6.10 Å². The molecule has 1 aliphatic rings. The predicted octanol–water partition coefficient (Wildman–Crippen LogP) is 0.926. The molecule has 1 aromatic carbocycles. The highest BCUT2D eigenvalue weighted by Gasteiger charge is 2.25. The van der Waals surface area contributed by atoms with E-state index in [4.69, 9.17) is 10.5 Å². The minimum atomic E-state index is -0.586. The van der Waals surface area contributed by atoms with Crippen molar-refractivity contribution in [1.29, 1.82) is 0 Å². The van der Waals surface area contributed by atoms with Gasteiger partial charge in [0.1, 0.15) is 5.75 Å². The first-order valence-corrected chi connectivity index (χ1v) is 6.94. The molecule has 110 valence electrons. The zero-order valence-corrected chi connectivity index (χ0v) is 11.8. The molecule has 1 amide bonds. The highest BCUT2D eigenvalue weighted by molar-refractivity contribution is 5.76. The van der Waals surface area contributed by atoms with Gasteiger partial charge in [0.05, 0.1) is 19.1 Å². The van der Waals surface area contributed by atoms with E-state index in [1.807, 2.05) is 24.3 Å². The maximum absolute atomic E-state index is 11.3. The van der Waals surface area contributed by atoms with Crippen molar-refractivity contribution in [2.45, 2.75) is 18.9 Å². The average molecular weight is 278 g/mol. The van der Waals surface area contributed by atoms with Crippen LogP contribution in [0.4, 0.5) is 0 Å². The van der Waals surface area contributed by atoms with Gasteiger partial charge in [0, 0.05) is 13.1 Å². The van der Waals surface area contributed by atoms with Gasteiger partial charge in [-0.15, -0.1) is 0 Å². The highest BCUT2D eigenvalue weighted by Crippen LogP contribution is 2.22. The van der Waals surface area contributed by atoms with Crippen molar-refractivity contribution in [3.8, 4) is 5.75 Å². The Morgan fingerprint density at radius 3 is 3.10 bits per heavy atom. The first-order chi connectivity index (χ1) is 9.60. The van der Waals surface area contributed by atoms with Gasteiger partial charge in [-0.2, -0.15) is 0 Å². The monoisotopic (exact) mass is 278 g/mol. The number of ether oxygens (including phenoxy) is 1. The van der Waals surface area contributed by atoms with E-state index in [2.05, 4.69) is 4.90 Å². The maximum atomic E-state index is 11.3. The van der Waals surface area contributed by atoms with Crippen molar-refractivity contribution in [3.05, 3.63) is 29.8 Å². The number of rotatable bonds is 5. The molecule has 1 aromatic rings. The molecule has 0 saturated carbocycles. The molecule has 0 bridgehead atoms. The van der Waals surface area contributed by atoms with Crippen LogP contribution in [0.1, 0.15) is 24.5 Å². The van der Waals surface area contributed by atoms with Crippen LogP contribution in [0.15, 0.2) is 24.3 Å². The second kappa shape index (κ2) is 6.72. The summed E-state index contributed by atoms with van der Waals surface area (Å²) in [7, 11) is 1.60. The number of β-amino-alcohol motifs (C(OH)–C–C–N with tert-alkyl or cyclic N) is 1. The predicted molar refractivity (Wildman–Crippen MR) is 76.3 cm³/mol. The molecule has 0 aromatic heterocycles. The summed E-state index contributed by atoms with van der Waals surface area (Å²) in [5.41, 5.74) is 6.19. The van der Waals surface area contributed by atoms with Gasteiger partial charge in [-0.3, -0.25) is 9.69 Å². The van der Waals surface area contributed by atoms with Gasteiger partial charge in [0.15, 0.2) is 0 Å². The molecule has 1 aliphatic heterocycles. The summed E-state index contributed by atoms with van der Waals surface area (Å²) in [6, 6.07) is 7.42. The number of amides is 1. The van der Waals surface area contributed by atoms with Crippen molar-refractivity contribution >= 4 is 5.91 Å². The Balaban J connectivity index is 1.96. The van der Waals surface area contributed by atoms with Crippen molar-refractivity contribution in [2.75, 3.05) is 26.7 Å². The number of aliphatic hydroxyl groups is 1.